The van der Waals surface area contributed by atoms with Gasteiger partial charge in [0.2, 0.25) is 5.91 Å². The van der Waals surface area contributed by atoms with E-state index in [-0.39, 0.29) is 28.7 Å². The lowest BCUT2D eigenvalue weighted by molar-refractivity contribution is -0.385. The monoisotopic (exact) mass is 253 g/mol. The lowest BCUT2D eigenvalue weighted by Crippen LogP contribution is -2.19. The van der Waals surface area contributed by atoms with Crippen molar-refractivity contribution >= 4 is 23.2 Å². The van der Waals surface area contributed by atoms with E-state index in [9.17, 15) is 14.9 Å². The van der Waals surface area contributed by atoms with Gasteiger partial charge < -0.3 is 5.32 Å². The topological polar surface area (TPSA) is 85.1 Å². The van der Waals surface area contributed by atoms with Crippen LogP contribution in [-0.4, -0.2) is 22.4 Å². The summed E-state index contributed by atoms with van der Waals surface area (Å²) in [6, 6.07) is 0. The fraction of sp³-hybridized carbons (Fsp3) is 0.200. The van der Waals surface area contributed by atoms with Crippen molar-refractivity contribution in [3.8, 4) is 11.8 Å². The zero-order valence-electron chi connectivity index (χ0n) is 8.86. The summed E-state index contributed by atoms with van der Waals surface area (Å²) in [6.45, 7) is 1.51. The summed E-state index contributed by atoms with van der Waals surface area (Å²) in [5.74, 6) is 5.00. The second-order valence-electron chi connectivity index (χ2n) is 2.99. The Labute approximate surface area is 102 Å². The maximum Gasteiger partial charge on any atom is 0.307 e. The van der Waals surface area contributed by atoms with E-state index in [4.69, 9.17) is 11.6 Å². The Morgan fingerprint density at radius 2 is 2.35 bits per heavy atom. The molecule has 0 saturated heterocycles. The maximum absolute atomic E-state index is 10.6. The maximum atomic E-state index is 10.6. The predicted octanol–water partition coefficient (Wildman–Crippen LogP) is 1.13. The summed E-state index contributed by atoms with van der Waals surface area (Å²) in [7, 11) is 0. The summed E-state index contributed by atoms with van der Waals surface area (Å²) >= 11 is 5.77. The van der Waals surface area contributed by atoms with Gasteiger partial charge in [0, 0.05) is 13.1 Å². The van der Waals surface area contributed by atoms with Gasteiger partial charge in [-0.25, -0.2) is 0 Å². The average Bonchev–Trinajstić information content (AvgIpc) is 2.25. The van der Waals surface area contributed by atoms with Crippen molar-refractivity contribution in [2.45, 2.75) is 6.92 Å². The third-order valence-corrected chi connectivity index (χ3v) is 2.10. The van der Waals surface area contributed by atoms with Gasteiger partial charge >= 0.3 is 5.69 Å². The van der Waals surface area contributed by atoms with E-state index in [0.717, 1.165) is 6.20 Å². The molecule has 7 heteroatoms. The molecule has 0 aliphatic rings. The number of rotatable bonds is 2. The molecule has 17 heavy (non-hydrogen) atoms. The van der Waals surface area contributed by atoms with E-state index in [1.54, 1.807) is 0 Å². The molecule has 0 bridgehead atoms. The van der Waals surface area contributed by atoms with Gasteiger partial charge in [0.05, 0.1) is 17.0 Å². The summed E-state index contributed by atoms with van der Waals surface area (Å²) < 4.78 is 0. The molecule has 0 fully saturated rings. The number of aromatic nitrogens is 1. The van der Waals surface area contributed by atoms with Gasteiger partial charge in [0.15, 0.2) is 0 Å². The van der Waals surface area contributed by atoms with Crippen LogP contribution < -0.4 is 5.32 Å². The molecule has 0 saturated carbocycles. The molecule has 0 unspecified atom stereocenters. The number of nitrogens with one attached hydrogen (secondary N) is 1. The number of carbonyl (C=O) groups excluding carboxylic acids is 1. The van der Waals surface area contributed by atoms with Gasteiger partial charge in [-0.1, -0.05) is 23.4 Å². The number of carbonyl (C=O) groups is 1. The molecule has 1 aromatic rings. The van der Waals surface area contributed by atoms with Crippen molar-refractivity contribution in [3.63, 3.8) is 0 Å². The summed E-state index contributed by atoms with van der Waals surface area (Å²) in [5, 5.41) is 13.0. The number of pyridine rings is 1. The molecule has 88 valence electrons. The van der Waals surface area contributed by atoms with Crippen LogP contribution in [0.15, 0.2) is 12.4 Å². The molecule has 0 aliphatic heterocycles. The number of hydrogen-bond acceptors (Lipinski definition) is 4. The quantitative estimate of drug-likeness (QED) is 0.486. The Kier molecular flexibility index (Phi) is 4.43. The second-order valence-corrected chi connectivity index (χ2v) is 3.37. The Hall–Kier alpha value is -2.13. The number of amides is 1. The van der Waals surface area contributed by atoms with Crippen molar-refractivity contribution in [1.82, 2.24) is 10.3 Å². The van der Waals surface area contributed by atoms with Crippen LogP contribution in [0.4, 0.5) is 5.69 Å². The minimum absolute atomic E-state index is 0.0553. The predicted molar refractivity (Wildman–Crippen MR) is 61.5 cm³/mol. The van der Waals surface area contributed by atoms with Crippen molar-refractivity contribution < 1.29 is 9.72 Å². The molecule has 0 atom stereocenters. The lowest BCUT2D eigenvalue weighted by Gasteiger charge is -1.96. The Morgan fingerprint density at radius 3 is 2.94 bits per heavy atom. The molecule has 1 heterocycles. The first kappa shape index (κ1) is 12.9. The highest BCUT2D eigenvalue weighted by Gasteiger charge is 2.14. The van der Waals surface area contributed by atoms with Gasteiger partial charge in [-0.3, -0.25) is 19.9 Å². The molecule has 1 amide bonds. The van der Waals surface area contributed by atoms with E-state index in [2.05, 4.69) is 22.1 Å². The zero-order valence-corrected chi connectivity index (χ0v) is 9.61. The van der Waals surface area contributed by atoms with Gasteiger partial charge in [-0.15, -0.1) is 0 Å². The molecular weight excluding hydrogens is 246 g/mol. The third kappa shape index (κ3) is 3.74. The van der Waals surface area contributed by atoms with Crippen molar-refractivity contribution in [3.05, 3.63) is 33.1 Å². The largest absolute Gasteiger partial charge is 0.345 e. The highest BCUT2D eigenvalue weighted by atomic mass is 35.5. The molecule has 0 aromatic carbocycles. The van der Waals surface area contributed by atoms with E-state index < -0.39 is 4.92 Å². The summed E-state index contributed by atoms with van der Waals surface area (Å²) in [6.07, 6.45) is 2.39. The zero-order chi connectivity index (χ0) is 12.8. The van der Waals surface area contributed by atoms with E-state index in [0.29, 0.717) is 0 Å². The first-order valence-electron chi connectivity index (χ1n) is 4.53. The molecule has 1 aromatic heterocycles. The highest BCUT2D eigenvalue weighted by molar-refractivity contribution is 6.33. The normalized spacial score (nSPS) is 9.06. The summed E-state index contributed by atoms with van der Waals surface area (Å²) in [5.41, 5.74) is -0.0378. The standard InChI is InChI=1S/C10H8ClN3O3/c1-7(15)13-4-2-3-8-5-12-6-9(10(8)11)14(16)17/h5-6H,4H2,1H3,(H,13,15). The van der Waals surface area contributed by atoms with Gasteiger partial charge in [0.1, 0.15) is 11.2 Å². The van der Waals surface area contributed by atoms with Crippen LogP contribution in [0.3, 0.4) is 0 Å². The number of halogens is 1. The minimum atomic E-state index is -0.631. The van der Waals surface area contributed by atoms with Crippen LogP contribution in [0, 0.1) is 22.0 Å². The van der Waals surface area contributed by atoms with Gasteiger partial charge in [-0.05, 0) is 0 Å². The molecular formula is C10H8ClN3O3. The Morgan fingerprint density at radius 1 is 1.65 bits per heavy atom. The van der Waals surface area contributed by atoms with Crippen LogP contribution in [0.2, 0.25) is 5.02 Å². The lowest BCUT2D eigenvalue weighted by atomic mass is 10.2. The molecule has 6 nitrogen and oxygen atoms in total. The minimum Gasteiger partial charge on any atom is -0.345 e. The van der Waals surface area contributed by atoms with Gasteiger partial charge in [-0.2, -0.15) is 0 Å². The van der Waals surface area contributed by atoms with Crippen LogP contribution in [0.5, 0.6) is 0 Å². The van der Waals surface area contributed by atoms with Crippen LogP contribution in [0.25, 0.3) is 0 Å². The first-order chi connectivity index (χ1) is 8.02. The van der Waals surface area contributed by atoms with E-state index in [1.165, 1.54) is 13.1 Å². The molecule has 0 radical (unpaired) electrons. The van der Waals surface area contributed by atoms with Crippen molar-refractivity contribution in [2.24, 2.45) is 0 Å². The van der Waals surface area contributed by atoms with Crippen molar-refractivity contribution in [2.75, 3.05) is 6.54 Å². The third-order valence-electron chi connectivity index (χ3n) is 1.71. The van der Waals surface area contributed by atoms with Gasteiger partial charge in [0.25, 0.3) is 0 Å². The second kappa shape index (κ2) is 5.82. The SMILES string of the molecule is CC(=O)NCC#Cc1cncc([N+](=O)[O-])c1Cl. The average molecular weight is 254 g/mol. The molecule has 1 rings (SSSR count). The highest BCUT2D eigenvalue weighted by Crippen LogP contribution is 2.25. The fourth-order valence-corrected chi connectivity index (χ4v) is 1.17. The summed E-state index contributed by atoms with van der Waals surface area (Å²) in [4.78, 5) is 24.2. The molecule has 1 N–H and O–H groups in total. The van der Waals surface area contributed by atoms with E-state index >= 15 is 0 Å². The van der Waals surface area contributed by atoms with E-state index in [1.807, 2.05) is 0 Å². The van der Waals surface area contributed by atoms with Crippen LogP contribution in [0.1, 0.15) is 12.5 Å². The van der Waals surface area contributed by atoms with Crippen molar-refractivity contribution in [1.29, 1.82) is 0 Å². The Bertz CT molecular complexity index is 519. The number of nitrogens with zero attached hydrogens (tertiary/aromatic N) is 2. The first-order valence-corrected chi connectivity index (χ1v) is 4.91. The van der Waals surface area contributed by atoms with Crippen LogP contribution >= 0.6 is 11.6 Å². The smallest absolute Gasteiger partial charge is 0.307 e. The molecule has 0 spiro atoms. The fourth-order valence-electron chi connectivity index (χ4n) is 0.956. The Balaban J connectivity index is 2.88. The molecule has 0 aliphatic carbocycles. The number of nitro groups is 1. The number of hydrogen-bond donors (Lipinski definition) is 1. The van der Waals surface area contributed by atoms with Crippen LogP contribution in [-0.2, 0) is 4.79 Å².